The molecule has 170 valence electrons. The molecule has 0 atom stereocenters. The van der Waals surface area contributed by atoms with E-state index >= 15 is 0 Å². The molecule has 3 aromatic rings. The molecule has 1 N–H and O–H groups in total. The third kappa shape index (κ3) is 4.64. The van der Waals surface area contributed by atoms with Gasteiger partial charge in [0, 0.05) is 31.8 Å². The minimum atomic E-state index is -0.983. The standard InChI is InChI=1S/C25H29FN2O4/c1-31-12-11-28-16-22(20-5-4-19(26)14-23(20)28)18-7-9-27(10-8-18)15-17-3-6-24(32-2)21(13-17)25(29)30/h3-6,13-14,16,18H,7-12,15H2,1-2H3,(H,29,30). The van der Waals surface area contributed by atoms with Crippen LogP contribution in [-0.4, -0.2) is 54.5 Å². The number of ether oxygens (including phenoxy) is 2. The van der Waals surface area contributed by atoms with Crippen LogP contribution in [0.5, 0.6) is 5.75 Å². The molecular weight excluding hydrogens is 411 g/mol. The number of carbonyl (C=O) groups is 1. The monoisotopic (exact) mass is 440 g/mol. The SMILES string of the molecule is COCCn1cc(C2CCN(Cc3ccc(OC)c(C(=O)O)c3)CC2)c2ccc(F)cc21. The van der Waals surface area contributed by atoms with Crippen LogP contribution in [0.2, 0.25) is 0 Å². The summed E-state index contributed by atoms with van der Waals surface area (Å²) in [4.78, 5) is 13.8. The number of piperidine rings is 1. The van der Waals surface area contributed by atoms with E-state index in [9.17, 15) is 14.3 Å². The molecule has 2 aromatic carbocycles. The fraction of sp³-hybridized carbons (Fsp3) is 0.400. The topological polar surface area (TPSA) is 63.9 Å². The summed E-state index contributed by atoms with van der Waals surface area (Å²) >= 11 is 0. The normalized spacial score (nSPS) is 15.3. The summed E-state index contributed by atoms with van der Waals surface area (Å²) < 4.78 is 26.3. The molecular formula is C25H29FN2O4. The van der Waals surface area contributed by atoms with Crippen molar-refractivity contribution in [2.24, 2.45) is 0 Å². The lowest BCUT2D eigenvalue weighted by Gasteiger charge is -2.32. The van der Waals surface area contributed by atoms with E-state index in [0.717, 1.165) is 42.4 Å². The fourth-order valence-electron chi connectivity index (χ4n) is 4.67. The first-order valence-corrected chi connectivity index (χ1v) is 10.9. The van der Waals surface area contributed by atoms with Gasteiger partial charge in [-0.05, 0) is 73.3 Å². The van der Waals surface area contributed by atoms with Crippen LogP contribution in [0.4, 0.5) is 4.39 Å². The highest BCUT2D eigenvalue weighted by Crippen LogP contribution is 2.35. The van der Waals surface area contributed by atoms with Gasteiger partial charge in [-0.1, -0.05) is 6.07 Å². The zero-order valence-electron chi connectivity index (χ0n) is 18.5. The Morgan fingerprint density at radius 3 is 2.62 bits per heavy atom. The number of likely N-dealkylation sites (tertiary alicyclic amines) is 1. The molecule has 1 saturated heterocycles. The Balaban J connectivity index is 1.47. The zero-order chi connectivity index (χ0) is 22.7. The first-order chi connectivity index (χ1) is 15.5. The van der Waals surface area contributed by atoms with Crippen LogP contribution in [0.15, 0.2) is 42.6 Å². The summed E-state index contributed by atoms with van der Waals surface area (Å²) in [5.74, 6) is -0.422. The van der Waals surface area contributed by atoms with Crippen LogP contribution in [0.1, 0.15) is 40.2 Å². The van der Waals surface area contributed by atoms with Crippen molar-refractivity contribution in [2.75, 3.05) is 33.9 Å². The van der Waals surface area contributed by atoms with Gasteiger partial charge in [-0.2, -0.15) is 0 Å². The Labute approximate surface area is 187 Å². The third-order valence-electron chi connectivity index (χ3n) is 6.34. The highest BCUT2D eigenvalue weighted by atomic mass is 19.1. The molecule has 0 spiro atoms. The molecule has 0 bridgehead atoms. The lowest BCUT2D eigenvalue weighted by molar-refractivity contribution is 0.0693. The number of fused-ring (bicyclic) bond motifs is 1. The van der Waals surface area contributed by atoms with E-state index in [-0.39, 0.29) is 11.4 Å². The summed E-state index contributed by atoms with van der Waals surface area (Å²) in [6, 6.07) is 10.4. The summed E-state index contributed by atoms with van der Waals surface area (Å²) in [6.45, 7) is 3.82. The van der Waals surface area contributed by atoms with Crippen molar-refractivity contribution in [3.05, 3.63) is 65.1 Å². The fourth-order valence-corrected chi connectivity index (χ4v) is 4.67. The maximum absolute atomic E-state index is 13.9. The Bertz CT molecular complexity index is 1100. The molecule has 0 radical (unpaired) electrons. The molecule has 1 aliphatic heterocycles. The lowest BCUT2D eigenvalue weighted by Crippen LogP contribution is -2.32. The molecule has 2 heterocycles. The first kappa shape index (κ1) is 22.3. The minimum Gasteiger partial charge on any atom is -0.496 e. The minimum absolute atomic E-state index is 0.191. The molecule has 1 aliphatic rings. The maximum Gasteiger partial charge on any atom is 0.339 e. The van der Waals surface area contributed by atoms with Crippen LogP contribution in [0.25, 0.3) is 10.9 Å². The second-order valence-electron chi connectivity index (χ2n) is 8.32. The summed E-state index contributed by atoms with van der Waals surface area (Å²) in [6.07, 6.45) is 4.16. The van der Waals surface area contributed by atoms with E-state index in [1.807, 2.05) is 12.1 Å². The molecule has 0 saturated carbocycles. The summed E-state index contributed by atoms with van der Waals surface area (Å²) in [5, 5.41) is 10.5. The zero-order valence-corrected chi connectivity index (χ0v) is 18.5. The van der Waals surface area contributed by atoms with Crippen molar-refractivity contribution in [3.8, 4) is 5.75 Å². The molecule has 4 rings (SSSR count). The van der Waals surface area contributed by atoms with Gasteiger partial charge in [0.15, 0.2) is 0 Å². The Morgan fingerprint density at radius 2 is 1.94 bits per heavy atom. The van der Waals surface area contributed by atoms with Crippen molar-refractivity contribution in [2.45, 2.75) is 31.8 Å². The second kappa shape index (κ2) is 9.71. The van der Waals surface area contributed by atoms with Crippen molar-refractivity contribution >= 4 is 16.9 Å². The second-order valence-corrected chi connectivity index (χ2v) is 8.32. The average molecular weight is 441 g/mol. The maximum atomic E-state index is 13.9. The van der Waals surface area contributed by atoms with Gasteiger partial charge in [-0.25, -0.2) is 9.18 Å². The van der Waals surface area contributed by atoms with E-state index in [1.165, 1.54) is 18.7 Å². The number of methoxy groups -OCH3 is 2. The number of aromatic carboxylic acids is 1. The number of carboxylic acids is 1. The van der Waals surface area contributed by atoms with Gasteiger partial charge in [0.2, 0.25) is 0 Å². The van der Waals surface area contributed by atoms with E-state index in [2.05, 4.69) is 15.7 Å². The quantitative estimate of drug-likeness (QED) is 0.558. The summed E-state index contributed by atoms with van der Waals surface area (Å²) in [5.41, 5.74) is 3.34. The first-order valence-electron chi connectivity index (χ1n) is 10.9. The number of carboxylic acid groups (broad SMARTS) is 1. The number of hydrogen-bond acceptors (Lipinski definition) is 4. The molecule has 0 amide bonds. The van der Waals surface area contributed by atoms with Crippen LogP contribution < -0.4 is 4.74 Å². The van der Waals surface area contributed by atoms with E-state index in [4.69, 9.17) is 9.47 Å². The highest BCUT2D eigenvalue weighted by Gasteiger charge is 2.24. The van der Waals surface area contributed by atoms with E-state index in [0.29, 0.717) is 31.4 Å². The number of halogens is 1. The van der Waals surface area contributed by atoms with Gasteiger partial charge < -0.3 is 19.1 Å². The molecule has 1 fully saturated rings. The lowest BCUT2D eigenvalue weighted by atomic mass is 9.89. The van der Waals surface area contributed by atoms with Gasteiger partial charge in [0.25, 0.3) is 0 Å². The van der Waals surface area contributed by atoms with Gasteiger partial charge >= 0.3 is 5.97 Å². The van der Waals surface area contributed by atoms with E-state index in [1.54, 1.807) is 25.3 Å². The number of benzene rings is 2. The van der Waals surface area contributed by atoms with Crippen LogP contribution in [-0.2, 0) is 17.8 Å². The predicted octanol–water partition coefficient (Wildman–Crippen LogP) is 4.51. The molecule has 7 heteroatoms. The Kier molecular flexibility index (Phi) is 6.77. The molecule has 32 heavy (non-hydrogen) atoms. The van der Waals surface area contributed by atoms with Crippen molar-refractivity contribution < 1.29 is 23.8 Å². The van der Waals surface area contributed by atoms with Gasteiger partial charge in [0.05, 0.1) is 19.2 Å². The predicted molar refractivity (Wildman–Crippen MR) is 121 cm³/mol. The van der Waals surface area contributed by atoms with Crippen molar-refractivity contribution in [1.29, 1.82) is 0 Å². The summed E-state index contributed by atoms with van der Waals surface area (Å²) in [7, 11) is 3.15. The largest absolute Gasteiger partial charge is 0.496 e. The molecule has 1 aromatic heterocycles. The Hall–Kier alpha value is -2.90. The van der Waals surface area contributed by atoms with Gasteiger partial charge in [0.1, 0.15) is 17.1 Å². The number of rotatable bonds is 8. The number of aromatic nitrogens is 1. The highest BCUT2D eigenvalue weighted by molar-refractivity contribution is 5.91. The average Bonchev–Trinajstić information content (AvgIpc) is 3.15. The third-order valence-corrected chi connectivity index (χ3v) is 6.34. The molecule has 6 nitrogen and oxygen atoms in total. The van der Waals surface area contributed by atoms with Gasteiger partial charge in [-0.15, -0.1) is 0 Å². The van der Waals surface area contributed by atoms with E-state index < -0.39 is 5.97 Å². The van der Waals surface area contributed by atoms with Crippen LogP contribution in [0.3, 0.4) is 0 Å². The molecule has 0 unspecified atom stereocenters. The molecule has 0 aliphatic carbocycles. The van der Waals surface area contributed by atoms with Gasteiger partial charge in [-0.3, -0.25) is 4.90 Å². The van der Waals surface area contributed by atoms with Crippen molar-refractivity contribution in [1.82, 2.24) is 9.47 Å². The number of hydrogen-bond donors (Lipinski definition) is 1. The van der Waals surface area contributed by atoms with Crippen LogP contribution in [0, 0.1) is 5.82 Å². The smallest absolute Gasteiger partial charge is 0.339 e. The van der Waals surface area contributed by atoms with Crippen molar-refractivity contribution in [3.63, 3.8) is 0 Å². The Morgan fingerprint density at radius 1 is 1.16 bits per heavy atom. The van der Waals surface area contributed by atoms with Crippen LogP contribution >= 0.6 is 0 Å². The number of nitrogens with zero attached hydrogens (tertiary/aromatic N) is 2.